The zero-order valence-electron chi connectivity index (χ0n) is 9.09. The average molecular weight is 394 g/mol. The normalized spacial score (nSPS) is 10.4. The smallest absolute Gasteiger partial charge is 0.141 e. The van der Waals surface area contributed by atoms with Crippen LogP contribution < -0.4 is 4.74 Å². The van der Waals surface area contributed by atoms with Crippen LogP contribution in [0.3, 0.4) is 0 Å². The lowest BCUT2D eigenvalue weighted by atomic mass is 10.2. The summed E-state index contributed by atoms with van der Waals surface area (Å²) in [7, 11) is 0. The maximum atomic E-state index is 13.0. The molecule has 0 saturated heterocycles. The molecule has 18 heavy (non-hydrogen) atoms. The molecule has 0 aliphatic rings. The Balaban J connectivity index is 2.28. The highest BCUT2D eigenvalue weighted by Crippen LogP contribution is 2.34. The number of alkyl halides is 1. The number of hydrogen-bond acceptors (Lipinski definition) is 1. The fourth-order valence-corrected chi connectivity index (χ4v) is 2.49. The molecule has 94 valence electrons. The van der Waals surface area contributed by atoms with Crippen molar-refractivity contribution in [2.45, 2.75) is 5.88 Å². The van der Waals surface area contributed by atoms with Crippen molar-refractivity contribution in [2.24, 2.45) is 0 Å². The maximum Gasteiger partial charge on any atom is 0.141 e. The predicted molar refractivity (Wildman–Crippen MR) is 77.9 cm³/mol. The second-order valence-corrected chi connectivity index (χ2v) is 5.55. The first-order valence-corrected chi connectivity index (χ1v) is 7.19. The van der Waals surface area contributed by atoms with Gasteiger partial charge in [-0.25, -0.2) is 4.39 Å². The SMILES string of the molecule is Fc1ccc(Oc2ccc(CCl)cc2Br)c(Br)c1. The second kappa shape index (κ2) is 6.04. The van der Waals surface area contributed by atoms with Crippen molar-refractivity contribution in [2.75, 3.05) is 0 Å². The van der Waals surface area contributed by atoms with E-state index in [0.29, 0.717) is 21.9 Å². The van der Waals surface area contributed by atoms with Crippen molar-refractivity contribution in [1.82, 2.24) is 0 Å². The van der Waals surface area contributed by atoms with Crippen LogP contribution in [-0.4, -0.2) is 0 Å². The predicted octanol–water partition coefficient (Wildman–Crippen LogP) is 5.88. The highest BCUT2D eigenvalue weighted by molar-refractivity contribution is 9.11. The number of benzene rings is 2. The van der Waals surface area contributed by atoms with Crippen LogP contribution >= 0.6 is 43.5 Å². The van der Waals surface area contributed by atoms with Crippen LogP contribution in [0.1, 0.15) is 5.56 Å². The summed E-state index contributed by atoms with van der Waals surface area (Å²) in [6.07, 6.45) is 0. The molecule has 1 nitrogen and oxygen atoms in total. The lowest BCUT2D eigenvalue weighted by molar-refractivity contribution is 0.474. The fraction of sp³-hybridized carbons (Fsp3) is 0.0769. The van der Waals surface area contributed by atoms with Crippen LogP contribution in [0.2, 0.25) is 0 Å². The molecular weight excluding hydrogens is 386 g/mol. The molecule has 5 heteroatoms. The lowest BCUT2D eigenvalue weighted by Gasteiger charge is -2.10. The summed E-state index contributed by atoms with van der Waals surface area (Å²) in [5.41, 5.74) is 0.995. The van der Waals surface area contributed by atoms with Crippen molar-refractivity contribution < 1.29 is 9.13 Å². The van der Waals surface area contributed by atoms with Gasteiger partial charge in [0.1, 0.15) is 17.3 Å². The number of rotatable bonds is 3. The monoisotopic (exact) mass is 392 g/mol. The van der Waals surface area contributed by atoms with Gasteiger partial charge in [0.15, 0.2) is 0 Å². The number of hydrogen-bond donors (Lipinski definition) is 0. The molecule has 0 aromatic heterocycles. The van der Waals surface area contributed by atoms with Crippen LogP contribution in [0.15, 0.2) is 45.3 Å². The standard InChI is InChI=1S/C13H8Br2ClFO/c14-10-5-8(7-16)1-3-12(10)18-13-4-2-9(17)6-11(13)15/h1-6H,7H2. The Bertz CT molecular complexity index is 575. The van der Waals surface area contributed by atoms with Gasteiger partial charge in [-0.05, 0) is 67.8 Å². The Morgan fingerprint density at radius 1 is 1.00 bits per heavy atom. The molecule has 0 atom stereocenters. The van der Waals surface area contributed by atoms with E-state index in [1.807, 2.05) is 18.2 Å². The zero-order valence-corrected chi connectivity index (χ0v) is 13.0. The minimum Gasteiger partial charge on any atom is -0.455 e. The van der Waals surface area contributed by atoms with Crippen molar-refractivity contribution in [3.8, 4) is 11.5 Å². The first-order chi connectivity index (χ1) is 8.60. The van der Waals surface area contributed by atoms with Crippen LogP contribution in [0.4, 0.5) is 4.39 Å². The van der Waals surface area contributed by atoms with Crippen LogP contribution in [0.5, 0.6) is 11.5 Å². The molecule has 2 aromatic carbocycles. The van der Waals surface area contributed by atoms with Crippen molar-refractivity contribution in [1.29, 1.82) is 0 Å². The summed E-state index contributed by atoms with van der Waals surface area (Å²) in [6.45, 7) is 0. The Morgan fingerprint density at radius 3 is 2.17 bits per heavy atom. The Hall–Kier alpha value is -0.580. The second-order valence-electron chi connectivity index (χ2n) is 3.58. The Kier molecular flexibility index (Phi) is 4.65. The van der Waals surface area contributed by atoms with Gasteiger partial charge >= 0.3 is 0 Å². The van der Waals surface area contributed by atoms with Crippen LogP contribution in [0.25, 0.3) is 0 Å². The first kappa shape index (κ1) is 13.8. The van der Waals surface area contributed by atoms with E-state index in [1.54, 1.807) is 6.07 Å². The minimum absolute atomic E-state index is 0.314. The molecule has 0 unspecified atom stereocenters. The van der Waals surface area contributed by atoms with E-state index < -0.39 is 0 Å². The van der Waals surface area contributed by atoms with E-state index in [-0.39, 0.29) is 5.82 Å². The summed E-state index contributed by atoms with van der Waals surface area (Å²) in [6, 6.07) is 9.86. The summed E-state index contributed by atoms with van der Waals surface area (Å²) in [5, 5.41) is 0. The highest BCUT2D eigenvalue weighted by atomic mass is 79.9. The summed E-state index contributed by atoms with van der Waals surface area (Å²) < 4.78 is 20.0. The van der Waals surface area contributed by atoms with Gasteiger partial charge in [0.2, 0.25) is 0 Å². The molecule has 0 aliphatic carbocycles. The Morgan fingerprint density at radius 2 is 1.61 bits per heavy atom. The first-order valence-electron chi connectivity index (χ1n) is 5.07. The molecule has 0 aliphatic heterocycles. The average Bonchev–Trinajstić information content (AvgIpc) is 2.34. The third kappa shape index (κ3) is 3.25. The maximum absolute atomic E-state index is 13.0. The molecule has 0 amide bonds. The van der Waals surface area contributed by atoms with E-state index in [2.05, 4.69) is 31.9 Å². The van der Waals surface area contributed by atoms with E-state index in [9.17, 15) is 4.39 Å². The van der Waals surface area contributed by atoms with Gasteiger partial charge in [0.05, 0.1) is 8.95 Å². The minimum atomic E-state index is -0.314. The van der Waals surface area contributed by atoms with E-state index in [4.69, 9.17) is 16.3 Å². The number of ether oxygens (including phenoxy) is 1. The van der Waals surface area contributed by atoms with Gasteiger partial charge in [-0.3, -0.25) is 0 Å². The van der Waals surface area contributed by atoms with Crippen LogP contribution in [0, 0.1) is 5.82 Å². The van der Waals surface area contributed by atoms with Gasteiger partial charge < -0.3 is 4.74 Å². The third-order valence-electron chi connectivity index (χ3n) is 2.26. The molecule has 0 heterocycles. The summed E-state index contributed by atoms with van der Waals surface area (Å²) in [5.74, 6) is 1.33. The molecule has 2 rings (SSSR count). The van der Waals surface area contributed by atoms with E-state index >= 15 is 0 Å². The lowest BCUT2D eigenvalue weighted by Crippen LogP contribution is -1.89. The number of halogens is 4. The summed E-state index contributed by atoms with van der Waals surface area (Å²) in [4.78, 5) is 0. The molecule has 0 N–H and O–H groups in total. The van der Waals surface area contributed by atoms with Crippen molar-refractivity contribution >= 4 is 43.5 Å². The van der Waals surface area contributed by atoms with E-state index in [1.165, 1.54) is 12.1 Å². The molecular formula is C13H8Br2ClFO. The highest BCUT2D eigenvalue weighted by Gasteiger charge is 2.07. The van der Waals surface area contributed by atoms with Gasteiger partial charge in [0.25, 0.3) is 0 Å². The molecule has 0 bridgehead atoms. The van der Waals surface area contributed by atoms with Crippen LogP contribution in [-0.2, 0) is 5.88 Å². The van der Waals surface area contributed by atoms with Gasteiger partial charge in [-0.15, -0.1) is 11.6 Å². The quantitative estimate of drug-likeness (QED) is 0.591. The fourth-order valence-electron chi connectivity index (χ4n) is 1.39. The van der Waals surface area contributed by atoms with Crippen molar-refractivity contribution in [3.63, 3.8) is 0 Å². The zero-order chi connectivity index (χ0) is 13.1. The molecule has 0 radical (unpaired) electrons. The third-order valence-corrected chi connectivity index (χ3v) is 3.81. The van der Waals surface area contributed by atoms with Crippen molar-refractivity contribution in [3.05, 3.63) is 56.7 Å². The molecule has 2 aromatic rings. The van der Waals surface area contributed by atoms with Gasteiger partial charge in [0, 0.05) is 5.88 Å². The largest absolute Gasteiger partial charge is 0.455 e. The molecule has 0 fully saturated rings. The topological polar surface area (TPSA) is 9.23 Å². The summed E-state index contributed by atoms with van der Waals surface area (Å²) >= 11 is 12.4. The molecule has 0 saturated carbocycles. The molecule has 0 spiro atoms. The van der Waals surface area contributed by atoms with Gasteiger partial charge in [-0.1, -0.05) is 6.07 Å². The Labute approximate surface area is 126 Å². The van der Waals surface area contributed by atoms with Gasteiger partial charge in [-0.2, -0.15) is 0 Å². The van der Waals surface area contributed by atoms with E-state index in [0.717, 1.165) is 10.0 Å².